The molecule has 0 aliphatic carbocycles. The predicted octanol–water partition coefficient (Wildman–Crippen LogP) is 1.77. The van der Waals surface area contributed by atoms with Gasteiger partial charge in [-0.3, -0.25) is 0 Å². The van der Waals surface area contributed by atoms with E-state index in [4.69, 9.17) is 9.84 Å². The van der Waals surface area contributed by atoms with Crippen LogP contribution in [0.4, 0.5) is 10.1 Å². The lowest BCUT2D eigenvalue weighted by atomic mass is 10.1. The maximum Gasteiger partial charge on any atom is 0.341 e. The largest absolute Gasteiger partial charge is 0.478 e. The summed E-state index contributed by atoms with van der Waals surface area (Å²) in [7, 11) is 3.21. The topological polar surface area (TPSA) is 66.8 Å². The smallest absolute Gasteiger partial charge is 0.341 e. The lowest BCUT2D eigenvalue weighted by Gasteiger charge is -2.17. The molecule has 0 heterocycles. The molecule has 0 radical (unpaired) electrons. The first-order chi connectivity index (χ1) is 8.38. The number of carboxylic acid groups (broad SMARTS) is 1. The zero-order valence-electron chi connectivity index (χ0n) is 10.4. The Labute approximate surface area is 104 Å². The second-order valence-corrected chi connectivity index (χ2v) is 3.77. The predicted molar refractivity (Wildman–Crippen MR) is 63.6 cm³/mol. The van der Waals surface area contributed by atoms with Gasteiger partial charge >= 0.3 is 11.9 Å². The Morgan fingerprint density at radius 3 is 2.39 bits per heavy atom. The van der Waals surface area contributed by atoms with Crippen molar-refractivity contribution in [2.75, 3.05) is 25.6 Å². The number of hydrogen-bond acceptors (Lipinski definition) is 4. The summed E-state index contributed by atoms with van der Waals surface area (Å²) in [6, 6.07) is 2.00. The quantitative estimate of drug-likeness (QED) is 0.830. The number of carboxylic acids is 1. The zero-order chi connectivity index (χ0) is 13.9. The van der Waals surface area contributed by atoms with Crippen molar-refractivity contribution < 1.29 is 23.8 Å². The molecule has 0 atom stereocenters. The number of aromatic carboxylic acids is 1. The number of nitrogens with zero attached hydrogens (tertiary/aromatic N) is 1. The molecule has 0 fully saturated rings. The van der Waals surface area contributed by atoms with E-state index >= 15 is 0 Å². The van der Waals surface area contributed by atoms with E-state index in [0.717, 1.165) is 6.07 Å². The highest BCUT2D eigenvalue weighted by atomic mass is 19.1. The van der Waals surface area contributed by atoms with Gasteiger partial charge in [0.25, 0.3) is 0 Å². The molecule has 98 valence electrons. The molecule has 18 heavy (non-hydrogen) atoms. The number of ether oxygens (including phenoxy) is 1. The van der Waals surface area contributed by atoms with Crippen LogP contribution < -0.4 is 4.90 Å². The molecule has 1 aromatic carbocycles. The molecule has 1 rings (SSSR count). The van der Waals surface area contributed by atoms with Crippen LogP contribution in [0.15, 0.2) is 12.1 Å². The SMILES string of the molecule is CCOC(=O)c1cc(N(C)C)c(C(=O)O)cc1F. The maximum absolute atomic E-state index is 13.6. The van der Waals surface area contributed by atoms with E-state index in [-0.39, 0.29) is 23.4 Å². The summed E-state index contributed by atoms with van der Waals surface area (Å²) >= 11 is 0. The number of hydrogen-bond donors (Lipinski definition) is 1. The fourth-order valence-electron chi connectivity index (χ4n) is 1.47. The lowest BCUT2D eigenvalue weighted by molar-refractivity contribution is 0.0519. The number of benzene rings is 1. The third-order valence-electron chi connectivity index (χ3n) is 2.29. The highest BCUT2D eigenvalue weighted by Crippen LogP contribution is 2.24. The summed E-state index contributed by atoms with van der Waals surface area (Å²) in [5.74, 6) is -2.97. The number of carbonyl (C=O) groups is 2. The Morgan fingerprint density at radius 2 is 1.94 bits per heavy atom. The minimum atomic E-state index is -1.26. The molecule has 6 heteroatoms. The van der Waals surface area contributed by atoms with E-state index in [0.29, 0.717) is 0 Å². The van der Waals surface area contributed by atoms with Gasteiger partial charge in [-0.25, -0.2) is 14.0 Å². The van der Waals surface area contributed by atoms with Crippen LogP contribution in [0.1, 0.15) is 27.6 Å². The number of carbonyl (C=O) groups excluding carboxylic acids is 1. The Morgan fingerprint density at radius 1 is 1.33 bits per heavy atom. The Bertz CT molecular complexity index is 485. The molecule has 0 unspecified atom stereocenters. The van der Waals surface area contributed by atoms with Gasteiger partial charge in [0.2, 0.25) is 0 Å². The minimum absolute atomic E-state index is 0.121. The summed E-state index contributed by atoms with van der Waals surface area (Å²) in [5.41, 5.74) is -0.233. The molecule has 0 aromatic heterocycles. The van der Waals surface area contributed by atoms with Gasteiger partial charge in [0.15, 0.2) is 0 Å². The maximum atomic E-state index is 13.6. The second-order valence-electron chi connectivity index (χ2n) is 3.77. The van der Waals surface area contributed by atoms with Gasteiger partial charge in [-0.05, 0) is 19.1 Å². The highest BCUT2D eigenvalue weighted by molar-refractivity contribution is 5.98. The third-order valence-corrected chi connectivity index (χ3v) is 2.29. The number of esters is 1. The van der Waals surface area contributed by atoms with Crippen molar-refractivity contribution >= 4 is 17.6 Å². The second kappa shape index (κ2) is 5.48. The molecule has 5 nitrogen and oxygen atoms in total. The molecule has 0 aliphatic rings. The van der Waals surface area contributed by atoms with Crippen LogP contribution in [0.5, 0.6) is 0 Å². The lowest BCUT2D eigenvalue weighted by Crippen LogP contribution is -2.17. The van der Waals surface area contributed by atoms with Gasteiger partial charge in [-0.1, -0.05) is 0 Å². The van der Waals surface area contributed by atoms with Crippen molar-refractivity contribution in [2.24, 2.45) is 0 Å². The van der Waals surface area contributed by atoms with Crippen LogP contribution in [-0.4, -0.2) is 37.7 Å². The van der Waals surface area contributed by atoms with Crippen LogP contribution in [-0.2, 0) is 4.74 Å². The van der Waals surface area contributed by atoms with Crippen molar-refractivity contribution in [3.8, 4) is 0 Å². The minimum Gasteiger partial charge on any atom is -0.478 e. The van der Waals surface area contributed by atoms with Crippen molar-refractivity contribution in [3.63, 3.8) is 0 Å². The third kappa shape index (κ3) is 2.77. The van der Waals surface area contributed by atoms with Crippen LogP contribution in [0.2, 0.25) is 0 Å². The first-order valence-electron chi connectivity index (χ1n) is 5.29. The Hall–Kier alpha value is -2.11. The van der Waals surface area contributed by atoms with Crippen LogP contribution >= 0.6 is 0 Å². The normalized spacial score (nSPS) is 10.0. The van der Waals surface area contributed by atoms with Crippen LogP contribution in [0.3, 0.4) is 0 Å². The summed E-state index contributed by atoms with van der Waals surface area (Å²) in [4.78, 5) is 24.0. The molecule has 1 aromatic rings. The fraction of sp³-hybridized carbons (Fsp3) is 0.333. The van der Waals surface area contributed by atoms with Crippen LogP contribution in [0.25, 0.3) is 0 Å². The molecule has 0 spiro atoms. The highest BCUT2D eigenvalue weighted by Gasteiger charge is 2.20. The van der Waals surface area contributed by atoms with Crippen molar-refractivity contribution in [1.29, 1.82) is 0 Å². The Kier molecular flexibility index (Phi) is 4.25. The summed E-state index contributed by atoms with van der Waals surface area (Å²) in [6.45, 7) is 1.73. The summed E-state index contributed by atoms with van der Waals surface area (Å²) < 4.78 is 18.3. The number of rotatable bonds is 4. The van der Waals surface area contributed by atoms with E-state index in [2.05, 4.69) is 0 Å². The monoisotopic (exact) mass is 255 g/mol. The first kappa shape index (κ1) is 14.0. The molecular formula is C12H14FNO4. The summed E-state index contributed by atoms with van der Waals surface area (Å²) in [5, 5.41) is 8.96. The van der Waals surface area contributed by atoms with E-state index in [1.807, 2.05) is 0 Å². The van der Waals surface area contributed by atoms with E-state index in [9.17, 15) is 14.0 Å². The molecule has 0 bridgehead atoms. The van der Waals surface area contributed by atoms with E-state index < -0.39 is 17.8 Å². The number of anilines is 1. The first-order valence-corrected chi connectivity index (χ1v) is 5.29. The van der Waals surface area contributed by atoms with E-state index in [1.54, 1.807) is 21.0 Å². The van der Waals surface area contributed by atoms with Gasteiger partial charge < -0.3 is 14.7 Å². The molecule has 0 saturated heterocycles. The molecule has 1 N–H and O–H groups in total. The molecule has 0 aliphatic heterocycles. The van der Waals surface area contributed by atoms with Gasteiger partial charge in [-0.2, -0.15) is 0 Å². The fourth-order valence-corrected chi connectivity index (χ4v) is 1.47. The molecule has 0 saturated carbocycles. The van der Waals surface area contributed by atoms with Gasteiger partial charge in [0, 0.05) is 14.1 Å². The zero-order valence-corrected chi connectivity index (χ0v) is 10.4. The average molecular weight is 255 g/mol. The summed E-state index contributed by atoms with van der Waals surface area (Å²) in [6.07, 6.45) is 0. The van der Waals surface area contributed by atoms with Crippen molar-refractivity contribution in [1.82, 2.24) is 0 Å². The molecule has 0 amide bonds. The standard InChI is InChI=1S/C12H14FNO4/c1-4-18-12(17)7-6-10(14(2)3)8(11(15)16)5-9(7)13/h5-6H,4H2,1-3H3,(H,15,16). The van der Waals surface area contributed by atoms with Gasteiger partial charge in [0.1, 0.15) is 5.82 Å². The van der Waals surface area contributed by atoms with Crippen molar-refractivity contribution in [2.45, 2.75) is 6.92 Å². The van der Waals surface area contributed by atoms with E-state index in [1.165, 1.54) is 11.0 Å². The van der Waals surface area contributed by atoms with Gasteiger partial charge in [0.05, 0.1) is 23.4 Å². The molecular weight excluding hydrogens is 241 g/mol. The number of halogens is 1. The van der Waals surface area contributed by atoms with Crippen LogP contribution in [0, 0.1) is 5.82 Å². The van der Waals surface area contributed by atoms with Gasteiger partial charge in [-0.15, -0.1) is 0 Å². The van der Waals surface area contributed by atoms with Crippen molar-refractivity contribution in [3.05, 3.63) is 29.1 Å². The Balaban J connectivity index is 3.36. The average Bonchev–Trinajstić information content (AvgIpc) is 2.28.